The van der Waals surface area contributed by atoms with Crippen LogP contribution in [0.4, 0.5) is 5.69 Å². The van der Waals surface area contributed by atoms with Crippen molar-refractivity contribution in [2.75, 3.05) is 12.4 Å². The molecule has 1 amide bonds. The number of halogens is 1. The molecule has 3 aromatic rings. The van der Waals surface area contributed by atoms with E-state index in [2.05, 4.69) is 20.1 Å². The summed E-state index contributed by atoms with van der Waals surface area (Å²) in [6.07, 6.45) is 4.52. The van der Waals surface area contributed by atoms with Gasteiger partial charge in [-0.3, -0.25) is 9.36 Å². The second-order valence-corrected chi connectivity index (χ2v) is 9.29. The van der Waals surface area contributed by atoms with E-state index in [0.29, 0.717) is 22.5 Å². The lowest BCUT2D eigenvalue weighted by atomic mass is 10.2. The first kappa shape index (κ1) is 21.7. The summed E-state index contributed by atoms with van der Waals surface area (Å²) >= 11 is 7.87. The Kier molecular flexibility index (Phi) is 6.83. The van der Waals surface area contributed by atoms with Gasteiger partial charge in [-0.15, -0.1) is 10.2 Å². The van der Waals surface area contributed by atoms with Crippen LogP contribution in [0.1, 0.15) is 38.6 Å². The second kappa shape index (κ2) is 9.75. The Morgan fingerprint density at radius 2 is 1.97 bits per heavy atom. The Labute approximate surface area is 191 Å². The molecule has 1 heterocycles. The number of thioether (sulfide) groups is 1. The third kappa shape index (κ3) is 4.88. The Morgan fingerprint density at radius 3 is 2.71 bits per heavy atom. The minimum atomic E-state index is -0.352. The third-order valence-corrected chi connectivity index (χ3v) is 6.84. The lowest BCUT2D eigenvalue weighted by molar-refractivity contribution is -0.115. The number of amides is 1. The van der Waals surface area contributed by atoms with Crippen molar-refractivity contribution in [1.82, 2.24) is 14.8 Å². The van der Waals surface area contributed by atoms with Gasteiger partial charge < -0.3 is 10.1 Å². The van der Waals surface area contributed by atoms with Crippen molar-refractivity contribution in [3.63, 3.8) is 0 Å². The number of hydrogen-bond acceptors (Lipinski definition) is 5. The fraction of sp³-hybridized carbons (Fsp3) is 0.348. The van der Waals surface area contributed by atoms with Crippen molar-refractivity contribution in [2.24, 2.45) is 0 Å². The summed E-state index contributed by atoms with van der Waals surface area (Å²) in [6, 6.07) is 15.3. The summed E-state index contributed by atoms with van der Waals surface area (Å²) < 4.78 is 7.41. The molecule has 31 heavy (non-hydrogen) atoms. The van der Waals surface area contributed by atoms with Gasteiger partial charge in [-0.25, -0.2) is 0 Å². The zero-order valence-corrected chi connectivity index (χ0v) is 19.1. The van der Waals surface area contributed by atoms with Gasteiger partial charge in [0.1, 0.15) is 5.75 Å². The maximum atomic E-state index is 12.8. The number of rotatable bonds is 7. The minimum absolute atomic E-state index is 0.0986. The van der Waals surface area contributed by atoms with Crippen LogP contribution < -0.4 is 10.1 Å². The van der Waals surface area contributed by atoms with Gasteiger partial charge in [0.05, 0.1) is 17.4 Å². The van der Waals surface area contributed by atoms with Crippen LogP contribution in [0.3, 0.4) is 0 Å². The van der Waals surface area contributed by atoms with E-state index in [-0.39, 0.29) is 11.2 Å². The van der Waals surface area contributed by atoms with E-state index < -0.39 is 0 Å². The van der Waals surface area contributed by atoms with E-state index in [1.807, 2.05) is 49.4 Å². The highest BCUT2D eigenvalue weighted by Crippen LogP contribution is 2.39. The van der Waals surface area contributed by atoms with Crippen molar-refractivity contribution in [1.29, 1.82) is 0 Å². The van der Waals surface area contributed by atoms with Crippen LogP contribution in [0.2, 0.25) is 5.02 Å². The number of hydrogen-bond donors (Lipinski definition) is 1. The molecule has 162 valence electrons. The van der Waals surface area contributed by atoms with Crippen LogP contribution in [0.25, 0.3) is 11.4 Å². The summed E-state index contributed by atoms with van der Waals surface area (Å²) in [5.41, 5.74) is 1.56. The van der Waals surface area contributed by atoms with Crippen LogP contribution in [0, 0.1) is 0 Å². The molecule has 0 radical (unpaired) electrons. The summed E-state index contributed by atoms with van der Waals surface area (Å²) in [7, 11) is 1.60. The number of anilines is 1. The number of carbonyl (C=O) groups is 1. The highest BCUT2D eigenvalue weighted by Gasteiger charge is 2.28. The van der Waals surface area contributed by atoms with Crippen LogP contribution in [0.15, 0.2) is 53.7 Å². The van der Waals surface area contributed by atoms with Gasteiger partial charge in [-0.2, -0.15) is 0 Å². The van der Waals surface area contributed by atoms with E-state index in [1.54, 1.807) is 13.2 Å². The van der Waals surface area contributed by atoms with Crippen molar-refractivity contribution < 1.29 is 9.53 Å². The zero-order chi connectivity index (χ0) is 21.8. The number of methoxy groups -OCH3 is 1. The second-order valence-electron chi connectivity index (χ2n) is 7.58. The Morgan fingerprint density at radius 1 is 1.19 bits per heavy atom. The van der Waals surface area contributed by atoms with Crippen LogP contribution in [0.5, 0.6) is 5.75 Å². The van der Waals surface area contributed by atoms with Gasteiger partial charge in [0, 0.05) is 23.4 Å². The first-order valence-corrected chi connectivity index (χ1v) is 11.6. The molecule has 1 fully saturated rings. The standard InChI is InChI=1S/C23H25ClN4O2S/c1-15(22(29)25-16-8-7-11-18(14-16)30-2)31-23-27-26-21(19-12-5-6-13-20(19)24)28(23)17-9-3-4-10-17/h5-8,11-15,17H,3-4,9-10H2,1-2H3,(H,25,29). The fourth-order valence-electron chi connectivity index (χ4n) is 3.83. The van der Waals surface area contributed by atoms with Crippen molar-refractivity contribution in [3.05, 3.63) is 53.6 Å². The van der Waals surface area contributed by atoms with Gasteiger partial charge >= 0.3 is 0 Å². The Bertz CT molecular complexity index is 1070. The minimum Gasteiger partial charge on any atom is -0.497 e. The molecule has 1 aliphatic rings. The molecule has 1 atom stereocenters. The molecule has 2 aromatic carbocycles. The predicted octanol–water partition coefficient (Wildman–Crippen LogP) is 5.84. The number of nitrogens with zero attached hydrogens (tertiary/aromatic N) is 3. The zero-order valence-electron chi connectivity index (χ0n) is 17.5. The summed E-state index contributed by atoms with van der Waals surface area (Å²) in [4.78, 5) is 12.8. The molecule has 6 nitrogen and oxygen atoms in total. The topological polar surface area (TPSA) is 69.0 Å². The maximum Gasteiger partial charge on any atom is 0.237 e. The average Bonchev–Trinajstić information content (AvgIpc) is 3.44. The van der Waals surface area contributed by atoms with E-state index in [9.17, 15) is 4.79 Å². The predicted molar refractivity (Wildman–Crippen MR) is 125 cm³/mol. The lowest BCUT2D eigenvalue weighted by Crippen LogP contribution is -2.23. The molecule has 1 unspecified atom stereocenters. The number of carbonyl (C=O) groups excluding carboxylic acids is 1. The van der Waals surface area contributed by atoms with Gasteiger partial charge in [-0.1, -0.05) is 54.4 Å². The third-order valence-electron chi connectivity index (χ3n) is 5.46. The van der Waals surface area contributed by atoms with Crippen LogP contribution in [-0.4, -0.2) is 33.0 Å². The van der Waals surface area contributed by atoms with Crippen LogP contribution >= 0.6 is 23.4 Å². The highest BCUT2D eigenvalue weighted by molar-refractivity contribution is 8.00. The average molecular weight is 457 g/mol. The first-order chi connectivity index (χ1) is 15.1. The largest absolute Gasteiger partial charge is 0.497 e. The summed E-state index contributed by atoms with van der Waals surface area (Å²) in [6.45, 7) is 1.88. The monoisotopic (exact) mass is 456 g/mol. The Balaban J connectivity index is 1.57. The van der Waals surface area contributed by atoms with E-state index >= 15 is 0 Å². The molecule has 1 aromatic heterocycles. The molecule has 1 aliphatic carbocycles. The lowest BCUT2D eigenvalue weighted by Gasteiger charge is -2.19. The molecule has 8 heteroatoms. The van der Waals surface area contributed by atoms with E-state index in [4.69, 9.17) is 16.3 Å². The van der Waals surface area contributed by atoms with Gasteiger partial charge in [0.15, 0.2) is 11.0 Å². The van der Waals surface area contributed by atoms with Crippen molar-refractivity contribution in [2.45, 2.75) is 49.1 Å². The van der Waals surface area contributed by atoms with Gasteiger partial charge in [0.25, 0.3) is 0 Å². The van der Waals surface area contributed by atoms with Crippen molar-refractivity contribution in [3.8, 4) is 17.1 Å². The molecule has 0 saturated heterocycles. The summed E-state index contributed by atoms with van der Waals surface area (Å²) in [5, 5.41) is 12.9. The van der Waals surface area contributed by atoms with Gasteiger partial charge in [0.2, 0.25) is 5.91 Å². The molecule has 0 aliphatic heterocycles. The SMILES string of the molecule is COc1cccc(NC(=O)C(C)Sc2nnc(-c3ccccc3Cl)n2C2CCCC2)c1. The fourth-order valence-corrected chi connectivity index (χ4v) is 4.97. The molecule has 4 rings (SSSR count). The number of aromatic nitrogens is 3. The molecule has 0 bridgehead atoms. The number of benzene rings is 2. The van der Waals surface area contributed by atoms with E-state index in [0.717, 1.165) is 29.4 Å². The molecule has 1 saturated carbocycles. The smallest absolute Gasteiger partial charge is 0.237 e. The van der Waals surface area contributed by atoms with Crippen LogP contribution in [-0.2, 0) is 4.79 Å². The molecular weight excluding hydrogens is 432 g/mol. The molecule has 0 spiro atoms. The first-order valence-electron chi connectivity index (χ1n) is 10.4. The maximum absolute atomic E-state index is 12.8. The van der Waals surface area contributed by atoms with Gasteiger partial charge in [-0.05, 0) is 44.0 Å². The summed E-state index contributed by atoms with van der Waals surface area (Å²) in [5.74, 6) is 1.36. The van der Waals surface area contributed by atoms with E-state index in [1.165, 1.54) is 24.6 Å². The highest BCUT2D eigenvalue weighted by atomic mass is 35.5. The number of nitrogens with one attached hydrogen (secondary N) is 1. The number of ether oxygens (including phenoxy) is 1. The molecule has 1 N–H and O–H groups in total. The van der Waals surface area contributed by atoms with Crippen molar-refractivity contribution >= 4 is 35.0 Å². The normalized spacial score (nSPS) is 15.1. The Hall–Kier alpha value is -2.51. The molecular formula is C23H25ClN4O2S. The quantitative estimate of drug-likeness (QED) is 0.452.